The number of rotatable bonds is 4. The molecule has 0 saturated carbocycles. The van der Waals surface area contributed by atoms with E-state index < -0.39 is 0 Å². The van der Waals surface area contributed by atoms with Crippen molar-refractivity contribution in [3.63, 3.8) is 0 Å². The molecule has 25 heavy (non-hydrogen) atoms. The fourth-order valence-corrected chi connectivity index (χ4v) is 3.76. The van der Waals surface area contributed by atoms with Crippen molar-refractivity contribution in [3.8, 4) is 11.5 Å². The molecule has 2 aromatic carbocycles. The number of methoxy groups -OCH3 is 1. The molecule has 0 spiro atoms. The van der Waals surface area contributed by atoms with Gasteiger partial charge in [0.25, 0.3) is 5.91 Å². The molecule has 128 valence electrons. The fourth-order valence-electron chi connectivity index (χ4n) is 2.31. The van der Waals surface area contributed by atoms with E-state index in [0.717, 1.165) is 16.9 Å². The molecule has 0 aliphatic carbocycles. The Bertz CT molecular complexity index is 865. The molecular formula is C18H14ClNO3S2. The highest BCUT2D eigenvalue weighted by atomic mass is 35.5. The first-order chi connectivity index (χ1) is 12.0. The maximum Gasteiger partial charge on any atom is 0.266 e. The standard InChI is InChI=1S/C18H14ClNO3S2/c1-23-13-5-2-11(3-6-13)10-20-17(22)16(25-18(20)24)9-12-4-7-15(21)14(19)8-12/h2-9,21H,10H2,1H3. The number of hydrogen-bond donors (Lipinski definition) is 1. The minimum absolute atomic E-state index is 0.00544. The molecule has 2 aromatic rings. The fraction of sp³-hybridized carbons (Fsp3) is 0.111. The van der Waals surface area contributed by atoms with Crippen LogP contribution in [0, 0.1) is 0 Å². The number of thiocarbonyl (C=S) groups is 1. The highest BCUT2D eigenvalue weighted by Crippen LogP contribution is 2.34. The third-order valence-corrected chi connectivity index (χ3v) is 5.32. The van der Waals surface area contributed by atoms with Gasteiger partial charge < -0.3 is 9.84 Å². The van der Waals surface area contributed by atoms with Crippen LogP contribution in [0.5, 0.6) is 11.5 Å². The summed E-state index contributed by atoms with van der Waals surface area (Å²) in [4.78, 5) is 14.7. The van der Waals surface area contributed by atoms with E-state index in [9.17, 15) is 9.90 Å². The molecule has 1 fully saturated rings. The van der Waals surface area contributed by atoms with Gasteiger partial charge in [0.05, 0.1) is 23.6 Å². The number of phenols is 1. The van der Waals surface area contributed by atoms with Crippen molar-refractivity contribution in [3.05, 3.63) is 63.5 Å². The average Bonchev–Trinajstić information content (AvgIpc) is 2.86. The van der Waals surface area contributed by atoms with Crippen LogP contribution in [0.1, 0.15) is 11.1 Å². The van der Waals surface area contributed by atoms with Crippen molar-refractivity contribution in [1.29, 1.82) is 0 Å². The van der Waals surface area contributed by atoms with Crippen LogP contribution in [0.4, 0.5) is 0 Å². The van der Waals surface area contributed by atoms with Gasteiger partial charge in [-0.25, -0.2) is 0 Å². The second kappa shape index (κ2) is 7.47. The molecule has 7 heteroatoms. The lowest BCUT2D eigenvalue weighted by Gasteiger charge is -2.14. The molecule has 1 heterocycles. The van der Waals surface area contributed by atoms with Crippen LogP contribution in [0.3, 0.4) is 0 Å². The van der Waals surface area contributed by atoms with Crippen LogP contribution in [0.15, 0.2) is 47.4 Å². The number of amides is 1. The van der Waals surface area contributed by atoms with E-state index >= 15 is 0 Å². The molecule has 0 aromatic heterocycles. The minimum atomic E-state index is -0.144. The van der Waals surface area contributed by atoms with E-state index in [2.05, 4.69) is 0 Å². The highest BCUT2D eigenvalue weighted by Gasteiger charge is 2.31. The summed E-state index contributed by atoms with van der Waals surface area (Å²) in [7, 11) is 1.61. The Balaban J connectivity index is 1.79. The Morgan fingerprint density at radius 2 is 2.00 bits per heavy atom. The molecule has 0 atom stereocenters. The predicted octanol–water partition coefficient (Wildman–Crippen LogP) is 4.46. The number of nitrogens with zero attached hydrogens (tertiary/aromatic N) is 1. The topological polar surface area (TPSA) is 49.8 Å². The maximum absolute atomic E-state index is 12.6. The van der Waals surface area contributed by atoms with E-state index in [4.69, 9.17) is 28.6 Å². The molecular weight excluding hydrogens is 378 g/mol. The summed E-state index contributed by atoms with van der Waals surface area (Å²) < 4.78 is 5.65. The number of benzene rings is 2. The third-order valence-electron chi connectivity index (χ3n) is 3.64. The minimum Gasteiger partial charge on any atom is -0.506 e. The number of ether oxygens (including phenoxy) is 1. The smallest absolute Gasteiger partial charge is 0.266 e. The first-order valence-electron chi connectivity index (χ1n) is 7.35. The van der Waals surface area contributed by atoms with E-state index in [0.29, 0.717) is 15.8 Å². The van der Waals surface area contributed by atoms with Crippen molar-refractivity contribution >= 4 is 51.9 Å². The number of halogens is 1. The summed E-state index contributed by atoms with van der Waals surface area (Å²) in [6.45, 7) is 0.405. The summed E-state index contributed by atoms with van der Waals surface area (Å²) >= 11 is 12.5. The summed E-state index contributed by atoms with van der Waals surface area (Å²) in [5.74, 6) is 0.624. The van der Waals surface area contributed by atoms with Crippen LogP contribution in [-0.4, -0.2) is 27.3 Å². The van der Waals surface area contributed by atoms with Crippen molar-refractivity contribution in [1.82, 2.24) is 4.90 Å². The van der Waals surface area contributed by atoms with Crippen LogP contribution < -0.4 is 4.74 Å². The Hall–Kier alpha value is -2.02. The van der Waals surface area contributed by atoms with Gasteiger partial charge >= 0.3 is 0 Å². The Labute approximate surface area is 160 Å². The molecule has 1 saturated heterocycles. The van der Waals surface area contributed by atoms with Gasteiger partial charge in [0, 0.05) is 0 Å². The van der Waals surface area contributed by atoms with Crippen molar-refractivity contribution in [2.24, 2.45) is 0 Å². The second-order valence-electron chi connectivity index (χ2n) is 5.33. The molecule has 3 rings (SSSR count). The van der Waals surface area contributed by atoms with Crippen LogP contribution >= 0.6 is 35.6 Å². The molecule has 1 amide bonds. The van der Waals surface area contributed by atoms with Crippen molar-refractivity contribution in [2.75, 3.05) is 7.11 Å². The van der Waals surface area contributed by atoms with Crippen LogP contribution in [-0.2, 0) is 11.3 Å². The number of hydrogen-bond acceptors (Lipinski definition) is 5. The largest absolute Gasteiger partial charge is 0.506 e. The summed E-state index contributed by atoms with van der Waals surface area (Å²) in [5, 5.41) is 9.72. The molecule has 1 aliphatic rings. The lowest BCUT2D eigenvalue weighted by molar-refractivity contribution is -0.122. The van der Waals surface area contributed by atoms with E-state index in [1.54, 1.807) is 30.2 Å². The molecule has 1 N–H and O–H groups in total. The van der Waals surface area contributed by atoms with E-state index in [-0.39, 0.29) is 16.7 Å². The van der Waals surface area contributed by atoms with Gasteiger partial charge in [0.1, 0.15) is 15.8 Å². The van der Waals surface area contributed by atoms with E-state index in [1.165, 1.54) is 17.8 Å². The first-order valence-corrected chi connectivity index (χ1v) is 8.95. The van der Waals surface area contributed by atoms with Crippen molar-refractivity contribution < 1.29 is 14.6 Å². The molecule has 0 unspecified atom stereocenters. The van der Waals surface area contributed by atoms with Gasteiger partial charge in [-0.1, -0.05) is 53.8 Å². The second-order valence-corrected chi connectivity index (χ2v) is 7.41. The number of phenolic OH excluding ortho intramolecular Hbond substituents is 1. The number of aromatic hydroxyl groups is 1. The highest BCUT2D eigenvalue weighted by molar-refractivity contribution is 8.26. The molecule has 0 bridgehead atoms. The first kappa shape index (κ1) is 17.8. The zero-order valence-electron chi connectivity index (χ0n) is 13.2. The van der Waals surface area contributed by atoms with Crippen LogP contribution in [0.2, 0.25) is 5.02 Å². The Kier molecular flexibility index (Phi) is 5.32. The lowest BCUT2D eigenvalue weighted by Crippen LogP contribution is -2.27. The molecule has 1 aliphatic heterocycles. The van der Waals surface area contributed by atoms with Gasteiger partial charge in [-0.3, -0.25) is 9.69 Å². The normalized spacial score (nSPS) is 15.9. The molecule has 4 nitrogen and oxygen atoms in total. The van der Waals surface area contributed by atoms with Gasteiger partial charge in [0.15, 0.2) is 0 Å². The van der Waals surface area contributed by atoms with Crippen molar-refractivity contribution in [2.45, 2.75) is 6.54 Å². The van der Waals surface area contributed by atoms with Crippen LogP contribution in [0.25, 0.3) is 6.08 Å². The number of carbonyl (C=O) groups excluding carboxylic acids is 1. The summed E-state index contributed by atoms with van der Waals surface area (Å²) in [6.07, 6.45) is 1.72. The molecule has 0 radical (unpaired) electrons. The number of thioether (sulfide) groups is 1. The lowest BCUT2D eigenvalue weighted by atomic mass is 10.2. The maximum atomic E-state index is 12.6. The van der Waals surface area contributed by atoms with Gasteiger partial charge in [-0.05, 0) is 41.5 Å². The summed E-state index contributed by atoms with van der Waals surface area (Å²) in [5.41, 5.74) is 1.69. The average molecular weight is 392 g/mol. The Morgan fingerprint density at radius 3 is 2.64 bits per heavy atom. The quantitative estimate of drug-likeness (QED) is 0.616. The monoisotopic (exact) mass is 391 g/mol. The number of carbonyl (C=O) groups is 1. The summed E-state index contributed by atoms with van der Waals surface area (Å²) in [6, 6.07) is 12.3. The Morgan fingerprint density at radius 1 is 1.28 bits per heavy atom. The third kappa shape index (κ3) is 3.98. The zero-order chi connectivity index (χ0) is 18.0. The zero-order valence-corrected chi connectivity index (χ0v) is 15.6. The SMILES string of the molecule is COc1ccc(CN2C(=O)C(=Cc3ccc(O)c(Cl)c3)SC2=S)cc1. The van der Waals surface area contributed by atoms with Gasteiger partial charge in [0.2, 0.25) is 0 Å². The predicted molar refractivity (Wildman–Crippen MR) is 105 cm³/mol. The van der Waals surface area contributed by atoms with Gasteiger partial charge in [-0.15, -0.1) is 0 Å². The van der Waals surface area contributed by atoms with E-state index in [1.807, 2.05) is 24.3 Å². The van der Waals surface area contributed by atoms with Gasteiger partial charge in [-0.2, -0.15) is 0 Å².